The highest BCUT2D eigenvalue weighted by molar-refractivity contribution is 8.00. The molecule has 2 fully saturated rings. The maximum Gasteiger partial charge on any atom is 0.235 e. The third kappa shape index (κ3) is 3.48. The van der Waals surface area contributed by atoms with Crippen molar-refractivity contribution in [2.24, 2.45) is 17.4 Å². The number of rotatable bonds is 5. The van der Waals surface area contributed by atoms with Crippen molar-refractivity contribution in [2.75, 3.05) is 5.75 Å². The fraction of sp³-hybridized carbons (Fsp3) is 0.917. The normalized spacial score (nSPS) is 42.8. The van der Waals surface area contributed by atoms with Crippen LogP contribution in [0.2, 0.25) is 0 Å². The summed E-state index contributed by atoms with van der Waals surface area (Å²) >= 11 is 1.63. The number of aliphatic hydroxyl groups is 2. The van der Waals surface area contributed by atoms with Gasteiger partial charge in [-0.05, 0) is 18.8 Å². The summed E-state index contributed by atoms with van der Waals surface area (Å²) in [5.74, 6) is 0.265. The minimum absolute atomic E-state index is 0.232. The number of hydrogen-bond donors (Lipinski definition) is 4. The minimum atomic E-state index is -0.626. The SMILES string of the molecule is B[C@H]1OC([C@@H]2CCC2SCC(N)C(N)=O)[C@@H](O)CC1O. The van der Waals surface area contributed by atoms with Gasteiger partial charge in [0, 0.05) is 17.4 Å². The van der Waals surface area contributed by atoms with Gasteiger partial charge in [0.25, 0.3) is 0 Å². The van der Waals surface area contributed by atoms with E-state index in [1.54, 1.807) is 11.8 Å². The smallest absolute Gasteiger partial charge is 0.235 e. The minimum Gasteiger partial charge on any atom is -0.391 e. The van der Waals surface area contributed by atoms with Gasteiger partial charge in [-0.3, -0.25) is 4.79 Å². The molecule has 1 heterocycles. The molecule has 8 heteroatoms. The van der Waals surface area contributed by atoms with Gasteiger partial charge >= 0.3 is 0 Å². The van der Waals surface area contributed by atoms with E-state index in [1.807, 2.05) is 7.85 Å². The van der Waals surface area contributed by atoms with Crippen LogP contribution in [0.1, 0.15) is 19.3 Å². The number of hydrogen-bond acceptors (Lipinski definition) is 6. The summed E-state index contributed by atoms with van der Waals surface area (Å²) in [6.07, 6.45) is 0.929. The molecular weight excluding hydrogens is 279 g/mol. The molecule has 0 radical (unpaired) electrons. The van der Waals surface area contributed by atoms with Gasteiger partial charge < -0.3 is 26.4 Å². The van der Waals surface area contributed by atoms with Gasteiger partial charge in [-0.15, -0.1) is 0 Å². The van der Waals surface area contributed by atoms with E-state index in [0.29, 0.717) is 17.4 Å². The van der Waals surface area contributed by atoms with Crippen LogP contribution in [-0.2, 0) is 9.53 Å². The van der Waals surface area contributed by atoms with E-state index in [1.165, 1.54) is 0 Å². The van der Waals surface area contributed by atoms with E-state index in [-0.39, 0.29) is 18.0 Å². The molecule has 0 spiro atoms. The van der Waals surface area contributed by atoms with Gasteiger partial charge in [0.2, 0.25) is 5.91 Å². The van der Waals surface area contributed by atoms with Crippen molar-refractivity contribution in [2.45, 2.75) is 54.9 Å². The molecule has 6 nitrogen and oxygen atoms in total. The molecule has 2 rings (SSSR count). The number of ether oxygens (including phenoxy) is 1. The first kappa shape index (κ1) is 16.1. The molecule has 6 N–H and O–H groups in total. The molecule has 1 aliphatic carbocycles. The summed E-state index contributed by atoms with van der Waals surface area (Å²) in [6, 6.07) is -0.873. The number of amides is 1. The molecule has 2 aliphatic rings. The van der Waals surface area contributed by atoms with E-state index in [4.69, 9.17) is 16.2 Å². The number of primary amides is 1. The maximum absolute atomic E-state index is 10.9. The van der Waals surface area contributed by atoms with Crippen molar-refractivity contribution in [1.82, 2.24) is 0 Å². The molecule has 1 saturated heterocycles. The number of thioether (sulfide) groups is 1. The van der Waals surface area contributed by atoms with E-state index in [0.717, 1.165) is 12.8 Å². The molecular formula is C12H23BN2O4S. The maximum atomic E-state index is 10.9. The van der Waals surface area contributed by atoms with Gasteiger partial charge in [0.1, 0.15) is 7.85 Å². The summed E-state index contributed by atoms with van der Waals surface area (Å²) < 4.78 is 5.76. The Morgan fingerprint density at radius 3 is 2.65 bits per heavy atom. The highest BCUT2D eigenvalue weighted by Gasteiger charge is 2.45. The van der Waals surface area contributed by atoms with E-state index in [2.05, 4.69) is 0 Å². The average molecular weight is 302 g/mol. The van der Waals surface area contributed by atoms with Gasteiger partial charge in [-0.1, -0.05) is 0 Å². The van der Waals surface area contributed by atoms with Crippen LogP contribution in [0.25, 0.3) is 0 Å². The lowest BCUT2D eigenvalue weighted by molar-refractivity contribution is -0.167. The average Bonchev–Trinajstić information content (AvgIpc) is 2.34. The monoisotopic (exact) mass is 302 g/mol. The van der Waals surface area contributed by atoms with Crippen LogP contribution in [0, 0.1) is 5.92 Å². The number of carbonyl (C=O) groups is 1. The highest BCUT2D eigenvalue weighted by atomic mass is 32.2. The Morgan fingerprint density at radius 1 is 1.40 bits per heavy atom. The second-order valence-electron chi connectivity index (χ2n) is 5.80. The van der Waals surface area contributed by atoms with Crippen LogP contribution in [0.5, 0.6) is 0 Å². The number of carbonyl (C=O) groups excluding carboxylic acids is 1. The molecule has 1 saturated carbocycles. The van der Waals surface area contributed by atoms with E-state index < -0.39 is 24.2 Å². The fourth-order valence-electron chi connectivity index (χ4n) is 2.78. The van der Waals surface area contributed by atoms with Gasteiger partial charge in [0.05, 0.1) is 30.4 Å². The topological polar surface area (TPSA) is 119 Å². The summed E-state index contributed by atoms with van der Waals surface area (Å²) in [7, 11) is 1.83. The highest BCUT2D eigenvalue weighted by Crippen LogP contribution is 2.43. The van der Waals surface area contributed by atoms with Crippen LogP contribution in [-0.4, -0.2) is 65.3 Å². The molecule has 1 amide bonds. The Hall–Kier alpha value is -0.275. The lowest BCUT2D eigenvalue weighted by Crippen LogP contribution is -2.55. The van der Waals surface area contributed by atoms with Gasteiger partial charge in [0.15, 0.2) is 0 Å². The summed E-state index contributed by atoms with van der Waals surface area (Å²) in [4.78, 5) is 10.9. The first-order valence-corrected chi connectivity index (χ1v) is 8.13. The molecule has 20 heavy (non-hydrogen) atoms. The van der Waals surface area contributed by atoms with Gasteiger partial charge in [-0.25, -0.2) is 0 Å². The summed E-state index contributed by atoms with van der Waals surface area (Å²) in [6.45, 7) is 0. The van der Waals surface area contributed by atoms with Crippen molar-refractivity contribution >= 4 is 25.5 Å². The lowest BCUT2D eigenvalue weighted by Gasteiger charge is -2.47. The molecule has 7 atom stereocenters. The Labute approximate surface area is 124 Å². The Bertz CT molecular complexity index is 362. The molecule has 114 valence electrons. The van der Waals surface area contributed by atoms with E-state index >= 15 is 0 Å². The molecule has 1 aliphatic heterocycles. The van der Waals surface area contributed by atoms with Crippen LogP contribution in [0.3, 0.4) is 0 Å². The number of nitrogens with two attached hydrogens (primary N) is 2. The van der Waals surface area contributed by atoms with Crippen molar-refractivity contribution in [3.63, 3.8) is 0 Å². The Kier molecular flexibility index (Phi) is 5.36. The zero-order chi connectivity index (χ0) is 14.9. The Morgan fingerprint density at radius 2 is 2.10 bits per heavy atom. The molecule has 4 unspecified atom stereocenters. The van der Waals surface area contributed by atoms with Crippen LogP contribution in [0.15, 0.2) is 0 Å². The Balaban J connectivity index is 1.85. The van der Waals surface area contributed by atoms with Crippen molar-refractivity contribution in [3.8, 4) is 0 Å². The third-order valence-electron chi connectivity index (χ3n) is 4.32. The molecule has 0 aromatic carbocycles. The molecule has 0 bridgehead atoms. The number of aliphatic hydroxyl groups excluding tert-OH is 2. The zero-order valence-electron chi connectivity index (χ0n) is 11.6. The van der Waals surface area contributed by atoms with Crippen molar-refractivity contribution in [1.29, 1.82) is 0 Å². The molecule has 0 aromatic rings. The third-order valence-corrected chi connectivity index (χ3v) is 5.88. The lowest BCUT2D eigenvalue weighted by atomic mass is 9.75. The zero-order valence-corrected chi connectivity index (χ0v) is 12.5. The van der Waals surface area contributed by atoms with Crippen molar-refractivity contribution < 1.29 is 19.7 Å². The fourth-order valence-corrected chi connectivity index (χ4v) is 4.24. The first-order chi connectivity index (χ1) is 9.40. The standard InChI is InChI=1S/C12H23BN2O4S/c13-11-8(17)3-7(16)10(19-11)5-1-2-9(5)20-4-6(14)12(15)18/h5-11,16-17H,1-4,13-14H2,(H2,15,18)/t5-,6?,7+,8?,9?,10?,11+/m1/s1. The van der Waals surface area contributed by atoms with Gasteiger partial charge in [-0.2, -0.15) is 11.8 Å². The van der Waals surface area contributed by atoms with Crippen molar-refractivity contribution in [3.05, 3.63) is 0 Å². The predicted octanol–water partition coefficient (Wildman–Crippen LogP) is -2.22. The van der Waals surface area contributed by atoms with Crippen LogP contribution in [0.4, 0.5) is 0 Å². The quantitative estimate of drug-likeness (QED) is 0.427. The largest absolute Gasteiger partial charge is 0.391 e. The second kappa shape index (κ2) is 6.66. The van der Waals surface area contributed by atoms with Crippen LogP contribution < -0.4 is 11.5 Å². The molecule has 0 aromatic heterocycles. The second-order valence-corrected chi connectivity index (χ2v) is 7.07. The van der Waals surface area contributed by atoms with E-state index in [9.17, 15) is 15.0 Å². The predicted molar refractivity (Wildman–Crippen MR) is 80.0 cm³/mol. The van der Waals surface area contributed by atoms with Crippen LogP contribution >= 0.6 is 11.8 Å². The summed E-state index contributed by atoms with van der Waals surface area (Å²) in [5.41, 5.74) is 10.8. The summed E-state index contributed by atoms with van der Waals surface area (Å²) in [5, 5.41) is 20.1. The first-order valence-electron chi connectivity index (χ1n) is 7.08.